The molecule has 0 fully saturated rings. The zero-order chi connectivity index (χ0) is 12.5. The Morgan fingerprint density at radius 2 is 2.22 bits per heavy atom. The summed E-state index contributed by atoms with van der Waals surface area (Å²) in [6.07, 6.45) is 0. The molecule has 0 saturated carbocycles. The molecule has 0 aliphatic heterocycles. The van der Waals surface area contributed by atoms with E-state index in [0.717, 1.165) is 10.4 Å². The average molecular weight is 277 g/mol. The van der Waals surface area contributed by atoms with Gasteiger partial charge in [0.05, 0.1) is 16.8 Å². The van der Waals surface area contributed by atoms with Crippen molar-refractivity contribution < 1.29 is 0 Å². The zero-order valence-corrected chi connectivity index (χ0v) is 10.9. The molecule has 5 heteroatoms. The van der Waals surface area contributed by atoms with E-state index in [4.69, 9.17) is 11.6 Å². The lowest BCUT2D eigenvalue weighted by Gasteiger charge is -2.02. The number of halogens is 1. The van der Waals surface area contributed by atoms with Gasteiger partial charge in [-0.25, -0.2) is 4.98 Å². The highest BCUT2D eigenvalue weighted by atomic mass is 35.5. The van der Waals surface area contributed by atoms with E-state index >= 15 is 0 Å². The first-order chi connectivity index (χ1) is 8.78. The summed E-state index contributed by atoms with van der Waals surface area (Å²) < 4.78 is 0. The fraction of sp³-hybridized carbons (Fsp3) is 0.0769. The Morgan fingerprint density at radius 1 is 1.33 bits per heavy atom. The number of hydrogen-bond acceptors (Lipinski definition) is 3. The van der Waals surface area contributed by atoms with Crippen LogP contribution in [0.1, 0.15) is 5.82 Å². The molecule has 90 valence electrons. The van der Waals surface area contributed by atoms with Gasteiger partial charge in [0.1, 0.15) is 5.82 Å². The maximum Gasteiger partial charge on any atom is 0.258 e. The molecule has 1 N–H and O–H groups in total. The molecule has 2 aromatic heterocycles. The second-order valence-corrected chi connectivity index (χ2v) is 5.07. The zero-order valence-electron chi connectivity index (χ0n) is 9.31. The number of thiophene rings is 1. The summed E-state index contributed by atoms with van der Waals surface area (Å²) >= 11 is 7.33. The molecule has 0 amide bonds. The summed E-state index contributed by atoms with van der Waals surface area (Å²) in [4.78, 5) is 20.0. The van der Waals surface area contributed by atoms with Gasteiger partial charge in [0.15, 0.2) is 0 Å². The number of rotatable bonds is 2. The normalized spacial score (nSPS) is 10.9. The molecule has 2 heterocycles. The van der Waals surface area contributed by atoms with Gasteiger partial charge in [-0.2, -0.15) is 0 Å². The van der Waals surface area contributed by atoms with E-state index in [-0.39, 0.29) is 11.4 Å². The van der Waals surface area contributed by atoms with Crippen molar-refractivity contribution in [1.82, 2.24) is 9.97 Å². The van der Waals surface area contributed by atoms with Crippen LogP contribution < -0.4 is 5.56 Å². The fourth-order valence-corrected chi connectivity index (χ4v) is 2.70. The van der Waals surface area contributed by atoms with Crippen LogP contribution in [0.2, 0.25) is 0 Å². The van der Waals surface area contributed by atoms with Crippen LogP contribution in [0.5, 0.6) is 0 Å². The van der Waals surface area contributed by atoms with Crippen molar-refractivity contribution in [2.24, 2.45) is 0 Å². The van der Waals surface area contributed by atoms with Crippen molar-refractivity contribution in [3.8, 4) is 10.4 Å². The maximum absolute atomic E-state index is 11.9. The number of hydrogen-bond donors (Lipinski definition) is 1. The summed E-state index contributed by atoms with van der Waals surface area (Å²) in [6.45, 7) is 0. The topological polar surface area (TPSA) is 45.8 Å². The highest BCUT2D eigenvalue weighted by molar-refractivity contribution is 7.13. The smallest absolute Gasteiger partial charge is 0.258 e. The summed E-state index contributed by atoms with van der Waals surface area (Å²) in [7, 11) is 0. The molecule has 0 radical (unpaired) electrons. The van der Waals surface area contributed by atoms with Gasteiger partial charge in [0.25, 0.3) is 5.56 Å². The second kappa shape index (κ2) is 4.55. The standard InChI is InChI=1S/C13H9ClN2OS/c14-7-12-15-10-4-3-8(11-2-1-5-18-11)6-9(10)13(17)16-12/h1-6H,7H2,(H,15,16,17). The molecule has 0 bridgehead atoms. The van der Waals surface area contributed by atoms with Crippen molar-refractivity contribution in [1.29, 1.82) is 0 Å². The summed E-state index contributed by atoms with van der Waals surface area (Å²) in [5.41, 5.74) is 1.56. The van der Waals surface area contributed by atoms with Gasteiger partial charge in [0.2, 0.25) is 0 Å². The Hall–Kier alpha value is -1.65. The first kappa shape index (κ1) is 11.4. The van der Waals surface area contributed by atoms with Gasteiger partial charge in [-0.05, 0) is 29.1 Å². The van der Waals surface area contributed by atoms with E-state index in [1.54, 1.807) is 11.3 Å². The molecule has 0 atom stereocenters. The third-order valence-electron chi connectivity index (χ3n) is 2.69. The Labute approximate surface area is 112 Å². The molecule has 18 heavy (non-hydrogen) atoms. The molecule has 0 aliphatic carbocycles. The van der Waals surface area contributed by atoms with Crippen LogP contribution in [0.25, 0.3) is 21.3 Å². The molecule has 3 nitrogen and oxygen atoms in total. The van der Waals surface area contributed by atoms with Crippen LogP contribution in [-0.2, 0) is 5.88 Å². The number of aromatic amines is 1. The lowest BCUT2D eigenvalue weighted by molar-refractivity contribution is 1.04. The van der Waals surface area contributed by atoms with Crippen LogP contribution in [0, 0.1) is 0 Å². The van der Waals surface area contributed by atoms with Crippen molar-refractivity contribution in [2.45, 2.75) is 5.88 Å². The fourth-order valence-electron chi connectivity index (χ4n) is 1.85. The first-order valence-electron chi connectivity index (χ1n) is 5.41. The van der Waals surface area contributed by atoms with Gasteiger partial charge < -0.3 is 4.98 Å². The van der Waals surface area contributed by atoms with Crippen LogP contribution in [0.15, 0.2) is 40.5 Å². The third-order valence-corrected chi connectivity index (χ3v) is 3.86. The highest BCUT2D eigenvalue weighted by Gasteiger charge is 2.06. The number of nitrogens with one attached hydrogen (secondary N) is 1. The van der Waals surface area contributed by atoms with Gasteiger partial charge in [0, 0.05) is 4.88 Å². The predicted molar refractivity (Wildman–Crippen MR) is 75.2 cm³/mol. The molecule has 3 aromatic rings. The van der Waals surface area contributed by atoms with Gasteiger partial charge in [-0.1, -0.05) is 12.1 Å². The Morgan fingerprint density at radius 3 is 2.94 bits per heavy atom. The van der Waals surface area contributed by atoms with E-state index in [2.05, 4.69) is 9.97 Å². The Bertz CT molecular complexity index is 749. The van der Waals surface area contributed by atoms with Crippen molar-refractivity contribution >= 4 is 33.8 Å². The van der Waals surface area contributed by atoms with Gasteiger partial charge in [-0.3, -0.25) is 4.79 Å². The monoisotopic (exact) mass is 276 g/mol. The van der Waals surface area contributed by atoms with E-state index in [0.29, 0.717) is 16.7 Å². The molecule has 0 unspecified atom stereocenters. The molecular formula is C13H9ClN2OS. The van der Waals surface area contributed by atoms with E-state index < -0.39 is 0 Å². The number of fused-ring (bicyclic) bond motifs is 1. The van der Waals surface area contributed by atoms with Crippen LogP contribution >= 0.6 is 22.9 Å². The minimum absolute atomic E-state index is 0.144. The molecule has 1 aromatic carbocycles. The van der Waals surface area contributed by atoms with Crippen LogP contribution in [-0.4, -0.2) is 9.97 Å². The van der Waals surface area contributed by atoms with Gasteiger partial charge in [-0.15, -0.1) is 22.9 Å². The van der Waals surface area contributed by atoms with Crippen molar-refractivity contribution in [2.75, 3.05) is 0 Å². The van der Waals surface area contributed by atoms with E-state index in [1.165, 1.54) is 0 Å². The lowest BCUT2D eigenvalue weighted by Crippen LogP contribution is -2.10. The van der Waals surface area contributed by atoms with Crippen LogP contribution in [0.4, 0.5) is 0 Å². The highest BCUT2D eigenvalue weighted by Crippen LogP contribution is 2.26. The SMILES string of the molecule is O=c1[nH]c(CCl)nc2ccc(-c3cccs3)cc12. The van der Waals surface area contributed by atoms with Crippen LogP contribution in [0.3, 0.4) is 0 Å². The number of benzene rings is 1. The van der Waals surface area contributed by atoms with E-state index in [1.807, 2.05) is 35.7 Å². The third kappa shape index (κ3) is 1.94. The first-order valence-corrected chi connectivity index (χ1v) is 6.82. The summed E-state index contributed by atoms with van der Waals surface area (Å²) in [5, 5.41) is 2.60. The number of nitrogens with zero attached hydrogens (tertiary/aromatic N) is 1. The molecular weight excluding hydrogens is 268 g/mol. The average Bonchev–Trinajstić information content (AvgIpc) is 2.92. The number of aromatic nitrogens is 2. The minimum atomic E-state index is -0.144. The quantitative estimate of drug-likeness (QED) is 0.729. The van der Waals surface area contributed by atoms with Gasteiger partial charge >= 0.3 is 0 Å². The molecule has 0 spiro atoms. The number of H-pyrrole nitrogens is 1. The summed E-state index contributed by atoms with van der Waals surface area (Å²) in [5.74, 6) is 0.704. The maximum atomic E-state index is 11.9. The van der Waals surface area contributed by atoms with Crippen molar-refractivity contribution in [3.63, 3.8) is 0 Å². The molecule has 3 rings (SSSR count). The Balaban J connectivity index is 2.24. The molecule has 0 aliphatic rings. The van der Waals surface area contributed by atoms with Crippen molar-refractivity contribution in [3.05, 3.63) is 51.9 Å². The molecule has 0 saturated heterocycles. The number of alkyl halides is 1. The largest absolute Gasteiger partial charge is 0.309 e. The lowest BCUT2D eigenvalue weighted by atomic mass is 10.1. The minimum Gasteiger partial charge on any atom is -0.309 e. The Kier molecular flexibility index (Phi) is 2.89. The predicted octanol–water partition coefficient (Wildman–Crippen LogP) is 3.39. The summed E-state index contributed by atoms with van der Waals surface area (Å²) in [6, 6.07) is 9.71. The van der Waals surface area contributed by atoms with E-state index in [9.17, 15) is 4.79 Å². The second-order valence-electron chi connectivity index (χ2n) is 3.86.